The van der Waals surface area contributed by atoms with E-state index in [0.29, 0.717) is 67.3 Å². The maximum Gasteiger partial charge on any atom is 0.339 e. The lowest BCUT2D eigenvalue weighted by atomic mass is 9.82. The number of nitrogens with one attached hydrogen (secondary N) is 2. The molecule has 3 rings (SSSR count). The first kappa shape index (κ1) is 90.9. The van der Waals surface area contributed by atoms with E-state index in [1.807, 2.05) is 0 Å². The van der Waals surface area contributed by atoms with Gasteiger partial charge in [-0.25, -0.2) is 19.2 Å². The summed E-state index contributed by atoms with van der Waals surface area (Å²) >= 11 is 0. The minimum absolute atomic E-state index is 0.0497. The molecule has 1 heterocycles. The summed E-state index contributed by atoms with van der Waals surface area (Å²) in [6.07, 6.45) is 27.1. The summed E-state index contributed by atoms with van der Waals surface area (Å²) in [6.45, 7) is 16.9. The molecule has 572 valence electrons. The first-order valence-electron chi connectivity index (χ1n) is 36.9. The molecule has 5 N–H and O–H groups in total. The third-order valence-corrected chi connectivity index (χ3v) is 17.1. The van der Waals surface area contributed by atoms with Crippen molar-refractivity contribution < 1.29 is 90.8 Å². The molecule has 0 saturated carbocycles. The Morgan fingerprint density at radius 1 is 0.559 bits per heavy atom. The summed E-state index contributed by atoms with van der Waals surface area (Å²) in [6, 6.07) is 11.0. The van der Waals surface area contributed by atoms with E-state index in [9.17, 15) is 57.7 Å². The van der Waals surface area contributed by atoms with Crippen molar-refractivity contribution in [1.29, 1.82) is 0 Å². The molecular weight excluding hydrogens is 1310 g/mol. The van der Waals surface area contributed by atoms with Crippen LogP contribution in [-0.4, -0.2) is 144 Å². The van der Waals surface area contributed by atoms with Crippen LogP contribution in [0.25, 0.3) is 0 Å². The number of hydrogen-bond donors (Lipinski definition) is 5. The molecule has 1 aliphatic rings. The molecule has 6 atom stereocenters. The summed E-state index contributed by atoms with van der Waals surface area (Å²) in [7, 11) is 1.20. The van der Waals surface area contributed by atoms with Crippen LogP contribution < -0.4 is 20.1 Å². The van der Waals surface area contributed by atoms with Crippen LogP contribution in [0.5, 0.6) is 11.5 Å². The van der Waals surface area contributed by atoms with E-state index in [4.69, 9.17) is 33.2 Å². The second-order valence-electron chi connectivity index (χ2n) is 28.0. The number of unbranched alkanes of at least 4 members (excludes halogenated alkanes) is 16. The lowest BCUT2D eigenvalue weighted by molar-refractivity contribution is -0.185. The SMILES string of the molecule is CC#CCOc1ccc(C[C@H](NC(=O)[C@@H](/C=C/CCCCCCC(=O)CCCCCCC)[C@@](O)(CCF)C(=O)OC(C)(C)C)C(=O)O)cc1.CC#CCOc1ccc(C[C@H](NC(=O)[C@@H](/C=C/CCCCCCC2(CCCCCCC)OCCO2)[C@@](O)(CCF)C(=O)OC(C)(C)C)C(=O)OC)cc1. The van der Waals surface area contributed by atoms with Gasteiger partial charge in [-0.1, -0.05) is 151 Å². The molecule has 0 spiro atoms. The van der Waals surface area contributed by atoms with Crippen molar-refractivity contribution in [3.63, 3.8) is 0 Å². The molecule has 2 aromatic rings. The van der Waals surface area contributed by atoms with Gasteiger partial charge in [-0.3, -0.25) is 23.2 Å². The molecule has 19 nitrogen and oxygen atoms in total. The minimum atomic E-state index is -2.58. The number of halogens is 2. The molecule has 0 aromatic heterocycles. The van der Waals surface area contributed by atoms with Gasteiger partial charge in [0.05, 0.1) is 45.5 Å². The number of aliphatic carboxylic acids is 1. The van der Waals surface area contributed by atoms with Crippen LogP contribution in [0.3, 0.4) is 0 Å². The molecule has 2 amide bonds. The Kier molecular flexibility index (Phi) is 44.8. The van der Waals surface area contributed by atoms with Gasteiger partial charge in [0.15, 0.2) is 17.0 Å². The van der Waals surface area contributed by atoms with E-state index >= 15 is 0 Å². The Morgan fingerprint density at radius 3 is 1.29 bits per heavy atom. The minimum Gasteiger partial charge on any atom is -0.481 e. The number of carboxylic acids is 1. The van der Waals surface area contributed by atoms with E-state index in [-0.39, 0.29) is 26.1 Å². The number of ether oxygens (including phenoxy) is 7. The Labute approximate surface area is 607 Å². The quantitative estimate of drug-likeness (QED) is 0.0135. The topological polar surface area (TPSA) is 269 Å². The first-order valence-corrected chi connectivity index (χ1v) is 36.9. The van der Waals surface area contributed by atoms with Gasteiger partial charge >= 0.3 is 23.9 Å². The van der Waals surface area contributed by atoms with E-state index in [1.54, 1.807) is 116 Å². The van der Waals surface area contributed by atoms with Crippen molar-refractivity contribution in [3.8, 4) is 35.2 Å². The van der Waals surface area contributed by atoms with Gasteiger partial charge < -0.3 is 59.1 Å². The van der Waals surface area contributed by atoms with E-state index in [2.05, 4.69) is 48.2 Å². The lowest BCUT2D eigenvalue weighted by Crippen LogP contribution is -2.56. The molecule has 1 fully saturated rings. The highest BCUT2D eigenvalue weighted by molar-refractivity contribution is 5.94. The molecule has 0 bridgehead atoms. The van der Waals surface area contributed by atoms with Crippen molar-refractivity contribution in [2.24, 2.45) is 11.8 Å². The number of aliphatic hydroxyl groups is 2. The molecular formula is C81H122F2N2O17. The fourth-order valence-electron chi connectivity index (χ4n) is 11.4. The fraction of sp³-hybridized carbons (Fsp3) is 0.667. The van der Waals surface area contributed by atoms with Gasteiger partial charge in [-0.15, -0.1) is 11.8 Å². The van der Waals surface area contributed by atoms with Gasteiger partial charge in [0.2, 0.25) is 11.8 Å². The zero-order chi connectivity index (χ0) is 75.9. The summed E-state index contributed by atoms with van der Waals surface area (Å²) in [4.78, 5) is 91.4. The average molecular weight is 1430 g/mol. The van der Waals surface area contributed by atoms with Crippen LogP contribution in [0.1, 0.15) is 247 Å². The Hall–Kier alpha value is -7.17. The lowest BCUT2D eigenvalue weighted by Gasteiger charge is -2.34. The highest BCUT2D eigenvalue weighted by Gasteiger charge is 2.51. The van der Waals surface area contributed by atoms with Crippen molar-refractivity contribution in [2.45, 2.75) is 289 Å². The number of alkyl halides is 2. The van der Waals surface area contributed by atoms with Crippen LogP contribution in [0.2, 0.25) is 0 Å². The Morgan fingerprint density at radius 2 is 0.931 bits per heavy atom. The maximum absolute atomic E-state index is 14.0. The number of benzene rings is 2. The summed E-state index contributed by atoms with van der Waals surface area (Å²) in [5.41, 5.74) is -5.88. The van der Waals surface area contributed by atoms with Crippen LogP contribution in [0, 0.1) is 35.5 Å². The molecule has 0 radical (unpaired) electrons. The number of allylic oxidation sites excluding steroid dienone is 2. The smallest absolute Gasteiger partial charge is 0.339 e. The normalized spacial score (nSPS) is 15.1. The predicted octanol–water partition coefficient (Wildman–Crippen LogP) is 14.4. The van der Waals surface area contributed by atoms with Crippen LogP contribution >= 0.6 is 0 Å². The Balaban J connectivity index is 0.000000696. The second-order valence-corrected chi connectivity index (χ2v) is 28.0. The van der Waals surface area contributed by atoms with Crippen LogP contribution in [-0.2, 0) is 70.1 Å². The van der Waals surface area contributed by atoms with Gasteiger partial charge in [-0.05, 0) is 142 Å². The molecule has 2 aromatic carbocycles. The van der Waals surface area contributed by atoms with Crippen molar-refractivity contribution in [3.05, 3.63) is 84.0 Å². The van der Waals surface area contributed by atoms with Crippen molar-refractivity contribution in [2.75, 3.05) is 46.9 Å². The first-order chi connectivity index (χ1) is 48.6. The number of rotatable bonds is 50. The zero-order valence-electron chi connectivity index (χ0n) is 63.1. The third-order valence-electron chi connectivity index (χ3n) is 17.1. The maximum atomic E-state index is 14.0. The van der Waals surface area contributed by atoms with E-state index in [0.717, 1.165) is 83.5 Å². The number of carbonyl (C=O) groups is 7. The van der Waals surface area contributed by atoms with Gasteiger partial charge in [0.25, 0.3) is 0 Å². The van der Waals surface area contributed by atoms with Crippen LogP contribution in [0.15, 0.2) is 72.8 Å². The van der Waals surface area contributed by atoms with Crippen molar-refractivity contribution >= 4 is 41.5 Å². The number of Topliss-reactive ketones (excluding diaryl/α,β-unsaturated/α-hetero) is 1. The Bertz CT molecular complexity index is 2970. The monoisotopic (exact) mass is 1430 g/mol. The number of methoxy groups -OCH3 is 1. The summed E-state index contributed by atoms with van der Waals surface area (Å²) in [5, 5.41) is 38.3. The highest BCUT2D eigenvalue weighted by atomic mass is 19.1. The number of carbonyl (C=O) groups excluding carboxylic acids is 6. The highest BCUT2D eigenvalue weighted by Crippen LogP contribution is 2.34. The average Bonchev–Trinajstić information content (AvgIpc) is 1.17. The van der Waals surface area contributed by atoms with E-state index in [1.165, 1.54) is 64.2 Å². The van der Waals surface area contributed by atoms with Gasteiger partial charge in [0, 0.05) is 51.4 Å². The van der Waals surface area contributed by atoms with Gasteiger partial charge in [0.1, 0.15) is 53.8 Å². The number of hydrogen-bond acceptors (Lipinski definition) is 16. The molecule has 21 heteroatoms. The number of carboxylic acid groups (broad SMARTS) is 1. The largest absolute Gasteiger partial charge is 0.481 e. The van der Waals surface area contributed by atoms with Gasteiger partial charge in [-0.2, -0.15) is 0 Å². The summed E-state index contributed by atoms with van der Waals surface area (Å²) in [5.74, 6) is 2.73. The number of ketones is 1. The molecule has 102 heavy (non-hydrogen) atoms. The zero-order valence-corrected chi connectivity index (χ0v) is 63.1. The number of amides is 2. The van der Waals surface area contributed by atoms with Crippen molar-refractivity contribution in [1.82, 2.24) is 10.6 Å². The summed E-state index contributed by atoms with van der Waals surface area (Å²) < 4.78 is 66.7. The standard InChI is InChI=1S/C42H64FNO9.C39H58FNO8/c1-7-9-11-15-18-25-41(51-30-31-52-41)26-19-16-13-12-14-17-20-35(42(48,27-28-43)39(47)53-40(3,4)5)37(45)44-36(38(46)49-6)32-33-21-23-34(24-22-33)50-29-10-8-2;1-6-8-10-13-16-19-31(42)20-17-14-11-12-15-18-21-33(39(47,26-27-40)37(46)49-38(3,4)5)35(43)41-34(36(44)45)29-30-22-24-32(25-23-30)48-28-9-7-2/h17,20-24,35-36,48H,7,9,11-16,18-19,25-32H2,1-6H3,(H,44,45);18,21-25,33-34,47H,6,8,10-17,19-20,26-29H2,1-5H3,(H,41,43)(H,44,45)/b20-17+;21-18+/t35-,36+,42+;33-,34+,39+/m11/s1. The molecule has 0 unspecified atom stereocenters. The molecule has 0 aliphatic carbocycles. The third kappa shape index (κ3) is 36.8. The second kappa shape index (κ2) is 50.3. The predicted molar refractivity (Wildman–Crippen MR) is 392 cm³/mol. The fourth-order valence-corrected chi connectivity index (χ4v) is 11.4. The molecule has 1 aliphatic heterocycles. The molecule has 1 saturated heterocycles. The number of esters is 3. The van der Waals surface area contributed by atoms with E-state index < -0.39 is 114 Å². The van der Waals surface area contributed by atoms with Crippen LogP contribution in [0.4, 0.5) is 8.78 Å².